The molecule has 0 fully saturated rings. The molecule has 0 aliphatic rings. The third kappa shape index (κ3) is 15.9. The summed E-state index contributed by atoms with van der Waals surface area (Å²) in [5, 5.41) is 0. The van der Waals surface area contributed by atoms with Gasteiger partial charge in [0.25, 0.3) is 5.82 Å². The summed E-state index contributed by atoms with van der Waals surface area (Å²) in [6, 6.07) is 0. The minimum absolute atomic E-state index is 0.722. The monoisotopic (exact) mass is 420 g/mol. The van der Waals surface area contributed by atoms with Crippen LogP contribution < -0.4 is 10.3 Å². The van der Waals surface area contributed by atoms with Crippen LogP contribution in [0, 0.1) is 0 Å². The van der Waals surface area contributed by atoms with Crippen molar-refractivity contribution >= 4 is 0 Å². The van der Waals surface area contributed by atoms with Crippen LogP contribution in [0.5, 0.6) is 0 Å². The van der Waals surface area contributed by atoms with Crippen LogP contribution in [-0.4, -0.2) is 11.5 Å². The molecular weight excluding hydrogens is 366 g/mol. The first-order chi connectivity index (χ1) is 14.9. The van der Waals surface area contributed by atoms with Crippen molar-refractivity contribution in [1.82, 2.24) is 4.98 Å². The van der Waals surface area contributed by atoms with Crippen LogP contribution >= 0.6 is 0 Å². The quantitative estimate of drug-likeness (QED) is 0.139. The molecular formula is C27H54N3+. The van der Waals surface area contributed by atoms with Gasteiger partial charge in [-0.15, -0.1) is 0 Å². The standard InChI is InChI=1S/C27H53N3/c1-2-3-4-5-6-7-8-9-10-11-12-13-14-15-16-17-18-19-20-21-25-30-26-24-29-27(30)22-23-28/h24,26H,2-23,25,28H2,1H3/p+1. The average Bonchev–Trinajstić information content (AvgIpc) is 3.19. The van der Waals surface area contributed by atoms with Crippen LogP contribution in [0.15, 0.2) is 12.4 Å². The summed E-state index contributed by atoms with van der Waals surface area (Å²) in [6.45, 7) is 4.16. The zero-order chi connectivity index (χ0) is 21.5. The lowest BCUT2D eigenvalue weighted by Gasteiger charge is -2.04. The van der Waals surface area contributed by atoms with Crippen molar-refractivity contribution < 1.29 is 4.57 Å². The summed E-state index contributed by atoms with van der Waals surface area (Å²) in [4.78, 5) is 3.30. The first-order valence-electron chi connectivity index (χ1n) is 13.6. The van der Waals surface area contributed by atoms with E-state index in [0.29, 0.717) is 0 Å². The van der Waals surface area contributed by atoms with Crippen LogP contribution in [0.3, 0.4) is 0 Å². The van der Waals surface area contributed by atoms with Crippen LogP contribution in [-0.2, 0) is 13.0 Å². The van der Waals surface area contributed by atoms with Gasteiger partial charge in [0.1, 0.15) is 12.4 Å². The highest BCUT2D eigenvalue weighted by atomic mass is 15.1. The number of imidazole rings is 1. The van der Waals surface area contributed by atoms with Gasteiger partial charge in [-0.3, -0.25) is 0 Å². The molecule has 3 nitrogen and oxygen atoms in total. The van der Waals surface area contributed by atoms with Crippen molar-refractivity contribution in [2.75, 3.05) is 6.54 Å². The Balaban J connectivity index is 1.72. The molecule has 0 atom stereocenters. The van der Waals surface area contributed by atoms with Gasteiger partial charge in [0.15, 0.2) is 0 Å². The van der Waals surface area contributed by atoms with E-state index in [1.807, 2.05) is 6.20 Å². The zero-order valence-corrected chi connectivity index (χ0v) is 20.4. The Morgan fingerprint density at radius 1 is 0.633 bits per heavy atom. The molecule has 30 heavy (non-hydrogen) atoms. The van der Waals surface area contributed by atoms with Crippen LogP contribution in [0.25, 0.3) is 0 Å². The Hall–Kier alpha value is -0.830. The largest absolute Gasteiger partial charge is 0.330 e. The fraction of sp³-hybridized carbons (Fsp3) is 0.889. The summed E-state index contributed by atoms with van der Waals surface area (Å²) in [5.74, 6) is 1.27. The number of rotatable bonds is 23. The minimum atomic E-state index is 0.722. The maximum Gasteiger partial charge on any atom is 0.255 e. The minimum Gasteiger partial charge on any atom is -0.330 e. The predicted octanol–water partition coefficient (Wildman–Crippen LogP) is 7.63. The van der Waals surface area contributed by atoms with Crippen LogP contribution in [0.2, 0.25) is 0 Å². The van der Waals surface area contributed by atoms with E-state index in [4.69, 9.17) is 5.73 Å². The number of aromatic amines is 1. The van der Waals surface area contributed by atoms with Crippen LogP contribution in [0.4, 0.5) is 0 Å². The van der Waals surface area contributed by atoms with Gasteiger partial charge in [0, 0.05) is 6.54 Å². The van der Waals surface area contributed by atoms with E-state index in [-0.39, 0.29) is 0 Å². The molecule has 176 valence electrons. The fourth-order valence-electron chi connectivity index (χ4n) is 4.50. The van der Waals surface area contributed by atoms with Gasteiger partial charge in [0.05, 0.1) is 13.0 Å². The number of aromatic nitrogens is 2. The lowest BCUT2D eigenvalue weighted by Crippen LogP contribution is -2.37. The van der Waals surface area contributed by atoms with Crippen LogP contribution in [0.1, 0.15) is 141 Å². The van der Waals surface area contributed by atoms with Gasteiger partial charge in [-0.05, 0) is 12.8 Å². The second kappa shape index (κ2) is 21.4. The van der Waals surface area contributed by atoms with E-state index < -0.39 is 0 Å². The number of unbranched alkanes of at least 4 members (excludes halogenated alkanes) is 19. The lowest BCUT2D eigenvalue weighted by molar-refractivity contribution is -0.703. The van der Waals surface area contributed by atoms with Gasteiger partial charge >= 0.3 is 0 Å². The van der Waals surface area contributed by atoms with Crippen molar-refractivity contribution in [2.45, 2.75) is 148 Å². The molecule has 0 amide bonds. The Morgan fingerprint density at radius 2 is 1.03 bits per heavy atom. The summed E-state index contributed by atoms with van der Waals surface area (Å²) in [7, 11) is 0. The number of hydrogen-bond donors (Lipinski definition) is 2. The zero-order valence-electron chi connectivity index (χ0n) is 20.4. The molecule has 3 heteroatoms. The Labute approximate surface area is 188 Å². The number of hydrogen-bond acceptors (Lipinski definition) is 1. The molecule has 1 aromatic rings. The smallest absolute Gasteiger partial charge is 0.255 e. The molecule has 3 N–H and O–H groups in total. The topological polar surface area (TPSA) is 45.7 Å². The maximum absolute atomic E-state index is 5.66. The second-order valence-electron chi connectivity index (χ2n) is 9.36. The van der Waals surface area contributed by atoms with E-state index in [1.54, 1.807) is 0 Å². The van der Waals surface area contributed by atoms with Crippen molar-refractivity contribution in [1.29, 1.82) is 0 Å². The molecule has 1 rings (SSSR count). The highest BCUT2D eigenvalue weighted by molar-refractivity contribution is 4.77. The molecule has 0 saturated carbocycles. The molecule has 1 aromatic heterocycles. The number of aryl methyl sites for hydroxylation is 1. The average molecular weight is 421 g/mol. The molecule has 0 aromatic carbocycles. The SMILES string of the molecule is CCCCCCCCCCCCCCCCCCCCCC[n+]1cc[nH]c1CCN. The molecule has 0 aliphatic heterocycles. The Kier molecular flexibility index (Phi) is 19.4. The molecule has 0 aliphatic carbocycles. The first-order valence-corrected chi connectivity index (χ1v) is 13.6. The molecule has 1 heterocycles. The second-order valence-corrected chi connectivity index (χ2v) is 9.36. The van der Waals surface area contributed by atoms with Gasteiger partial charge in [-0.2, -0.15) is 0 Å². The van der Waals surface area contributed by atoms with Gasteiger partial charge in [-0.25, -0.2) is 9.55 Å². The van der Waals surface area contributed by atoms with Crippen molar-refractivity contribution in [3.05, 3.63) is 18.2 Å². The van der Waals surface area contributed by atoms with Crippen molar-refractivity contribution in [3.63, 3.8) is 0 Å². The summed E-state index contributed by atoms with van der Waals surface area (Å²) in [6.07, 6.45) is 33.9. The number of nitrogens with zero attached hydrogens (tertiary/aromatic N) is 1. The van der Waals surface area contributed by atoms with E-state index in [0.717, 1.165) is 19.5 Å². The normalized spacial score (nSPS) is 11.4. The highest BCUT2D eigenvalue weighted by Crippen LogP contribution is 2.14. The van der Waals surface area contributed by atoms with E-state index >= 15 is 0 Å². The predicted molar refractivity (Wildman–Crippen MR) is 132 cm³/mol. The number of nitrogens with one attached hydrogen (secondary N) is 1. The van der Waals surface area contributed by atoms with Crippen molar-refractivity contribution in [2.24, 2.45) is 5.73 Å². The summed E-state index contributed by atoms with van der Waals surface area (Å²) in [5.41, 5.74) is 5.66. The van der Waals surface area contributed by atoms with Gasteiger partial charge in [0.2, 0.25) is 0 Å². The molecule has 0 bridgehead atoms. The number of nitrogens with two attached hydrogens (primary N) is 1. The lowest BCUT2D eigenvalue weighted by atomic mass is 10.0. The summed E-state index contributed by atoms with van der Waals surface area (Å²) < 4.78 is 2.33. The Morgan fingerprint density at radius 3 is 1.43 bits per heavy atom. The fourth-order valence-corrected chi connectivity index (χ4v) is 4.50. The van der Waals surface area contributed by atoms with E-state index in [2.05, 4.69) is 22.7 Å². The third-order valence-corrected chi connectivity index (χ3v) is 6.48. The molecule has 0 unspecified atom stereocenters. The van der Waals surface area contributed by atoms with Gasteiger partial charge < -0.3 is 5.73 Å². The number of H-pyrrole nitrogens is 1. The third-order valence-electron chi connectivity index (χ3n) is 6.48. The summed E-state index contributed by atoms with van der Waals surface area (Å²) >= 11 is 0. The van der Waals surface area contributed by atoms with Crippen molar-refractivity contribution in [3.8, 4) is 0 Å². The van der Waals surface area contributed by atoms with Gasteiger partial charge in [-0.1, -0.05) is 122 Å². The Bertz CT molecular complexity index is 455. The highest BCUT2D eigenvalue weighted by Gasteiger charge is 2.08. The molecule has 0 radical (unpaired) electrons. The molecule has 0 saturated heterocycles. The van der Waals surface area contributed by atoms with E-state index in [1.165, 1.54) is 134 Å². The first kappa shape index (κ1) is 27.2. The molecule has 0 spiro atoms. The van der Waals surface area contributed by atoms with E-state index in [9.17, 15) is 0 Å². The maximum atomic E-state index is 5.66.